The molecule has 6 aromatic rings. The Morgan fingerprint density at radius 1 is 0.673 bits per heavy atom. The smallest absolute Gasteiger partial charge is 0.0632 e. The molecule has 0 saturated heterocycles. The van der Waals surface area contributed by atoms with Crippen molar-refractivity contribution in [1.82, 2.24) is 0 Å². The topological polar surface area (TPSA) is 82.4 Å². The molecule has 52 heavy (non-hydrogen) atoms. The molecule has 0 bridgehead atoms. The number of aryl methyl sites for hydroxylation is 1. The van der Waals surface area contributed by atoms with Crippen LogP contribution in [0.1, 0.15) is 34.7 Å². The maximum absolute atomic E-state index is 8.60. The predicted molar refractivity (Wildman–Crippen MR) is 222 cm³/mol. The molecule has 0 unspecified atom stereocenters. The summed E-state index contributed by atoms with van der Waals surface area (Å²) in [5.74, 6) is 0. The fraction of sp³-hybridized carbons (Fsp3) is 0.0426. The molecule has 0 aromatic heterocycles. The lowest BCUT2D eigenvalue weighted by Crippen LogP contribution is -2.18. The van der Waals surface area contributed by atoms with Crippen molar-refractivity contribution in [3.63, 3.8) is 0 Å². The highest BCUT2D eigenvalue weighted by molar-refractivity contribution is 6.12. The molecule has 5 N–H and O–H groups in total. The number of anilines is 4. The van der Waals surface area contributed by atoms with Crippen molar-refractivity contribution in [1.29, 1.82) is 5.41 Å². The number of hydrogen-bond acceptors (Lipinski definition) is 5. The van der Waals surface area contributed by atoms with E-state index in [1.54, 1.807) is 12.3 Å². The lowest BCUT2D eigenvalue weighted by atomic mass is 9.93. The normalized spacial score (nSPS) is 12.3. The van der Waals surface area contributed by atoms with E-state index < -0.39 is 0 Å². The number of rotatable bonds is 8. The van der Waals surface area contributed by atoms with Crippen molar-refractivity contribution in [2.45, 2.75) is 13.8 Å². The van der Waals surface area contributed by atoms with E-state index in [0.717, 1.165) is 61.8 Å². The first-order valence-electron chi connectivity index (χ1n) is 17.2. The summed E-state index contributed by atoms with van der Waals surface area (Å²) < 4.78 is 0. The third kappa shape index (κ3) is 7.64. The van der Waals surface area contributed by atoms with Crippen molar-refractivity contribution >= 4 is 45.4 Å². The van der Waals surface area contributed by atoms with Crippen LogP contribution in [0.2, 0.25) is 0 Å². The lowest BCUT2D eigenvalue weighted by molar-refractivity contribution is 1.25. The largest absolute Gasteiger partial charge is 0.403 e. The fourth-order valence-electron chi connectivity index (χ4n) is 6.36. The minimum atomic E-state index is 0.347. The van der Waals surface area contributed by atoms with Crippen molar-refractivity contribution in [2.24, 2.45) is 11.5 Å². The van der Waals surface area contributed by atoms with Gasteiger partial charge in [0.25, 0.3) is 0 Å². The van der Waals surface area contributed by atoms with E-state index in [1.165, 1.54) is 5.56 Å². The zero-order chi connectivity index (χ0) is 36.5. The first kappa shape index (κ1) is 35.0. The quantitative estimate of drug-likeness (QED) is 0.140. The van der Waals surface area contributed by atoms with Gasteiger partial charge in [-0.15, -0.1) is 0 Å². The minimum Gasteiger partial charge on any atom is -0.403 e. The van der Waals surface area contributed by atoms with Crippen LogP contribution in [0.5, 0.6) is 0 Å². The molecular weight excluding hydrogens is 635 g/mol. The molecule has 5 heteroatoms. The average molecular weight is 678 g/mol. The number of nitrogens with zero attached hydrogens (tertiary/aromatic N) is 2. The third-order valence-corrected chi connectivity index (χ3v) is 8.75. The van der Waals surface area contributed by atoms with E-state index >= 15 is 0 Å². The summed E-state index contributed by atoms with van der Waals surface area (Å²) in [7, 11) is 0. The van der Waals surface area contributed by atoms with E-state index in [0.29, 0.717) is 11.4 Å². The van der Waals surface area contributed by atoms with Crippen LogP contribution in [-0.2, 0) is 0 Å². The van der Waals surface area contributed by atoms with Gasteiger partial charge in [0, 0.05) is 46.2 Å². The van der Waals surface area contributed by atoms with Crippen molar-refractivity contribution in [3.8, 4) is 0 Å². The van der Waals surface area contributed by atoms with Crippen LogP contribution >= 0.6 is 0 Å². The molecule has 256 valence electrons. The van der Waals surface area contributed by atoms with Gasteiger partial charge in [-0.25, -0.2) is 0 Å². The molecular formula is C47H43N5. The SMILES string of the molecule is C=C(C)C1=C(N(/C=C\N)c2cccc(/C(N)=C/C(=N)c3ccccc3)c2)c2ccccc2N(c2ccccc2)c2ccccc21.Cc1ccccc1. The maximum atomic E-state index is 8.60. The van der Waals surface area contributed by atoms with Crippen LogP contribution in [-0.4, -0.2) is 5.71 Å². The van der Waals surface area contributed by atoms with Gasteiger partial charge in [-0.2, -0.15) is 0 Å². The lowest BCUT2D eigenvalue weighted by Gasteiger charge is -2.29. The van der Waals surface area contributed by atoms with Crippen LogP contribution in [0.15, 0.2) is 194 Å². The number of hydrogen-bond donors (Lipinski definition) is 3. The Kier molecular flexibility index (Phi) is 10.9. The Morgan fingerprint density at radius 3 is 1.81 bits per heavy atom. The summed E-state index contributed by atoms with van der Waals surface area (Å²) in [6, 6.07) is 55.1. The summed E-state index contributed by atoms with van der Waals surface area (Å²) in [6.45, 7) is 8.60. The number of fused-ring (bicyclic) bond motifs is 2. The Balaban J connectivity index is 0.000000594. The molecule has 0 spiro atoms. The molecule has 0 saturated carbocycles. The van der Waals surface area contributed by atoms with E-state index in [4.69, 9.17) is 16.9 Å². The van der Waals surface area contributed by atoms with Crippen LogP contribution in [0.4, 0.5) is 22.7 Å². The summed E-state index contributed by atoms with van der Waals surface area (Å²) >= 11 is 0. The summed E-state index contributed by atoms with van der Waals surface area (Å²) in [5, 5.41) is 8.60. The van der Waals surface area contributed by atoms with Gasteiger partial charge in [0.15, 0.2) is 0 Å². The summed E-state index contributed by atoms with van der Waals surface area (Å²) in [4.78, 5) is 4.41. The number of para-hydroxylation sites is 3. The molecule has 7 rings (SSSR count). The highest BCUT2D eigenvalue weighted by atomic mass is 15.2. The van der Waals surface area contributed by atoms with Gasteiger partial charge < -0.3 is 26.7 Å². The Bertz CT molecular complexity index is 2270. The number of benzene rings is 6. The molecule has 1 aliphatic rings. The first-order chi connectivity index (χ1) is 25.4. The highest BCUT2D eigenvalue weighted by Gasteiger charge is 2.30. The number of nitrogens with two attached hydrogens (primary N) is 2. The highest BCUT2D eigenvalue weighted by Crippen LogP contribution is 2.50. The Labute approximate surface area is 307 Å². The van der Waals surface area contributed by atoms with E-state index in [9.17, 15) is 0 Å². The van der Waals surface area contributed by atoms with Crippen LogP contribution in [0, 0.1) is 12.3 Å². The van der Waals surface area contributed by atoms with Crippen LogP contribution in [0.25, 0.3) is 17.0 Å². The van der Waals surface area contributed by atoms with E-state index in [-0.39, 0.29) is 0 Å². The zero-order valence-electron chi connectivity index (χ0n) is 29.6. The molecule has 0 fully saturated rings. The maximum Gasteiger partial charge on any atom is 0.0632 e. The number of nitrogens with one attached hydrogen (secondary N) is 1. The molecule has 0 aliphatic carbocycles. The van der Waals surface area contributed by atoms with Crippen molar-refractivity contribution in [3.05, 3.63) is 222 Å². The molecule has 5 nitrogen and oxygen atoms in total. The van der Waals surface area contributed by atoms with E-state index in [1.807, 2.05) is 92.0 Å². The average Bonchev–Trinajstić information content (AvgIpc) is 3.31. The Hall–Kier alpha value is -6.85. The van der Waals surface area contributed by atoms with Crippen LogP contribution in [0.3, 0.4) is 0 Å². The zero-order valence-corrected chi connectivity index (χ0v) is 29.6. The van der Waals surface area contributed by atoms with Gasteiger partial charge >= 0.3 is 0 Å². The molecule has 0 atom stereocenters. The molecule has 1 aliphatic heterocycles. The second kappa shape index (κ2) is 16.2. The summed E-state index contributed by atoms with van der Waals surface area (Å²) in [6.07, 6.45) is 5.13. The van der Waals surface area contributed by atoms with Crippen molar-refractivity contribution < 1.29 is 0 Å². The fourth-order valence-corrected chi connectivity index (χ4v) is 6.36. The van der Waals surface area contributed by atoms with Gasteiger partial charge in [-0.3, -0.25) is 0 Å². The van der Waals surface area contributed by atoms with Gasteiger partial charge in [0.1, 0.15) is 0 Å². The molecule has 6 aromatic carbocycles. The summed E-state index contributed by atoms with van der Waals surface area (Å²) in [5.41, 5.74) is 25.5. The minimum absolute atomic E-state index is 0.347. The predicted octanol–water partition coefficient (Wildman–Crippen LogP) is 11.2. The second-order valence-corrected chi connectivity index (χ2v) is 12.5. The second-order valence-electron chi connectivity index (χ2n) is 12.5. The van der Waals surface area contributed by atoms with Gasteiger partial charge in [-0.05, 0) is 73.0 Å². The Morgan fingerprint density at radius 2 is 1.21 bits per heavy atom. The monoisotopic (exact) mass is 677 g/mol. The third-order valence-electron chi connectivity index (χ3n) is 8.75. The first-order valence-corrected chi connectivity index (χ1v) is 17.2. The standard InChI is InChI=1S/C40H35N5.C7H8/c1-28(2)39-33-20-9-11-22-37(33)45(31-17-7-4-8-18-31)38-23-12-10-21-34(38)40(39)44(25-24-41)32-19-13-16-30(26-32)36(43)27-35(42)29-14-5-3-6-15-29;1-7-5-3-2-4-6-7/h3-27,42H,1,41,43H2,2H3;2-6H,1H3/b25-24-,36-27-,42-35?;. The van der Waals surface area contributed by atoms with Crippen molar-refractivity contribution in [2.75, 3.05) is 9.80 Å². The van der Waals surface area contributed by atoms with Gasteiger partial charge in [-0.1, -0.05) is 140 Å². The van der Waals surface area contributed by atoms with Gasteiger partial charge in [0.05, 0.1) is 22.8 Å². The van der Waals surface area contributed by atoms with E-state index in [2.05, 4.69) is 108 Å². The molecule has 0 amide bonds. The number of allylic oxidation sites excluding steroid dienone is 3. The molecule has 0 radical (unpaired) electrons. The molecule has 1 heterocycles. The van der Waals surface area contributed by atoms with Crippen LogP contribution < -0.4 is 21.3 Å². The van der Waals surface area contributed by atoms with Gasteiger partial charge in [0.2, 0.25) is 0 Å².